The van der Waals surface area contributed by atoms with Crippen molar-refractivity contribution >= 4 is 5.52 Å². The zero-order chi connectivity index (χ0) is 20.4. The van der Waals surface area contributed by atoms with Crippen LogP contribution in [0.3, 0.4) is 0 Å². The Morgan fingerprint density at radius 3 is 2.52 bits per heavy atom. The third-order valence-electron chi connectivity index (χ3n) is 4.69. The van der Waals surface area contributed by atoms with Crippen LogP contribution in [0, 0.1) is 5.82 Å². The van der Waals surface area contributed by atoms with Gasteiger partial charge in [-0.15, -0.1) is 0 Å². The second-order valence-electron chi connectivity index (χ2n) is 6.64. The molecule has 0 aliphatic carbocycles. The lowest BCUT2D eigenvalue weighted by molar-refractivity contribution is 0.155. The maximum Gasteiger partial charge on any atom is 0.276 e. The van der Waals surface area contributed by atoms with Crippen molar-refractivity contribution in [2.24, 2.45) is 0 Å². The molecule has 4 rings (SSSR count). The first-order chi connectivity index (χ1) is 14.0. The second kappa shape index (κ2) is 7.89. The minimum atomic E-state index is -0.842. The van der Waals surface area contributed by atoms with Gasteiger partial charge in [-0.25, -0.2) is 8.91 Å². The van der Waals surface area contributed by atoms with E-state index in [1.165, 1.54) is 21.2 Å². The molecule has 0 bridgehead atoms. The molecule has 148 valence electrons. The molecule has 0 saturated carbocycles. The summed E-state index contributed by atoms with van der Waals surface area (Å²) in [6, 6.07) is 14.7. The molecule has 7 heteroatoms. The molecule has 2 aromatic heterocycles. The molecule has 1 unspecified atom stereocenters. The number of hydrogen-bond donors (Lipinski definition) is 1. The van der Waals surface area contributed by atoms with Crippen LogP contribution in [0.25, 0.3) is 16.8 Å². The lowest BCUT2D eigenvalue weighted by atomic mass is 10.1. The van der Waals surface area contributed by atoms with E-state index >= 15 is 0 Å². The molecule has 0 aliphatic rings. The Labute approximate surface area is 166 Å². The van der Waals surface area contributed by atoms with Crippen molar-refractivity contribution in [3.63, 3.8) is 0 Å². The van der Waals surface area contributed by atoms with Crippen molar-refractivity contribution in [3.8, 4) is 17.0 Å². The molecular weight excluding hydrogens is 373 g/mol. The normalized spacial score (nSPS) is 12.2. The molecule has 6 nitrogen and oxygen atoms in total. The summed E-state index contributed by atoms with van der Waals surface area (Å²) in [4.78, 5) is 12.8. The van der Waals surface area contributed by atoms with Crippen LogP contribution in [0.15, 0.2) is 71.8 Å². The number of aliphatic hydroxyl groups excluding tert-OH is 1. The van der Waals surface area contributed by atoms with E-state index in [0.29, 0.717) is 23.4 Å². The topological polar surface area (TPSA) is 68.8 Å². The van der Waals surface area contributed by atoms with Gasteiger partial charge in [-0.1, -0.05) is 12.1 Å². The Kier molecular flexibility index (Phi) is 5.14. The van der Waals surface area contributed by atoms with Gasteiger partial charge < -0.3 is 14.4 Å². The molecule has 0 spiro atoms. The Morgan fingerprint density at radius 2 is 1.83 bits per heavy atom. The maximum atomic E-state index is 13.1. The molecule has 0 fully saturated rings. The minimum absolute atomic E-state index is 0.111. The molecule has 0 radical (unpaired) electrons. The van der Waals surface area contributed by atoms with Crippen molar-refractivity contribution in [2.45, 2.75) is 19.6 Å². The largest absolute Gasteiger partial charge is 0.494 e. The van der Waals surface area contributed by atoms with E-state index in [1.807, 2.05) is 6.92 Å². The van der Waals surface area contributed by atoms with Gasteiger partial charge in [0.05, 0.1) is 24.9 Å². The van der Waals surface area contributed by atoms with Crippen LogP contribution < -0.4 is 10.3 Å². The third-order valence-corrected chi connectivity index (χ3v) is 4.69. The van der Waals surface area contributed by atoms with E-state index in [2.05, 4.69) is 5.10 Å². The fraction of sp³-hybridized carbons (Fsp3) is 0.182. The van der Waals surface area contributed by atoms with Crippen molar-refractivity contribution in [2.75, 3.05) is 6.61 Å². The summed E-state index contributed by atoms with van der Waals surface area (Å²) in [5.74, 6) is 0.401. The zero-order valence-electron chi connectivity index (χ0n) is 15.8. The smallest absolute Gasteiger partial charge is 0.276 e. The van der Waals surface area contributed by atoms with Gasteiger partial charge in [0, 0.05) is 18.0 Å². The molecular formula is C22H20FN3O3. The number of nitrogens with zero attached hydrogens (tertiary/aromatic N) is 3. The average molecular weight is 393 g/mol. The van der Waals surface area contributed by atoms with Gasteiger partial charge >= 0.3 is 0 Å². The summed E-state index contributed by atoms with van der Waals surface area (Å²) in [6.07, 6.45) is 2.41. The Hall–Kier alpha value is -3.45. The van der Waals surface area contributed by atoms with Crippen molar-refractivity contribution in [1.82, 2.24) is 14.2 Å². The quantitative estimate of drug-likeness (QED) is 0.545. The first-order valence-electron chi connectivity index (χ1n) is 9.30. The predicted octanol–water partition coefficient (Wildman–Crippen LogP) is 3.43. The molecule has 29 heavy (non-hydrogen) atoms. The molecule has 0 aliphatic heterocycles. The van der Waals surface area contributed by atoms with E-state index < -0.39 is 6.10 Å². The standard InChI is InChI=1S/C22H20FN3O3/c1-2-29-18-9-5-16(6-10-18)21(27)14-25-11-12-26-20(22(25)28)13-19(24-26)15-3-7-17(23)8-4-15/h3-13,21,27H,2,14H2,1H3. The highest BCUT2D eigenvalue weighted by Crippen LogP contribution is 2.20. The average Bonchev–Trinajstić information content (AvgIpc) is 3.16. The number of halogens is 1. The fourth-order valence-electron chi connectivity index (χ4n) is 3.18. The van der Waals surface area contributed by atoms with Crippen LogP contribution in [-0.2, 0) is 6.54 Å². The van der Waals surface area contributed by atoms with Gasteiger partial charge in [0.25, 0.3) is 5.56 Å². The van der Waals surface area contributed by atoms with Crippen LogP contribution in [0.2, 0.25) is 0 Å². The number of ether oxygens (including phenoxy) is 1. The number of benzene rings is 2. The highest BCUT2D eigenvalue weighted by atomic mass is 19.1. The van der Waals surface area contributed by atoms with Crippen LogP contribution >= 0.6 is 0 Å². The van der Waals surface area contributed by atoms with E-state index in [1.54, 1.807) is 54.9 Å². The lowest BCUT2D eigenvalue weighted by Crippen LogP contribution is -2.24. The fourth-order valence-corrected chi connectivity index (χ4v) is 3.18. The summed E-state index contributed by atoms with van der Waals surface area (Å²) < 4.78 is 21.5. The predicted molar refractivity (Wildman–Crippen MR) is 107 cm³/mol. The van der Waals surface area contributed by atoms with Crippen LogP contribution in [-0.4, -0.2) is 25.9 Å². The summed E-state index contributed by atoms with van der Waals surface area (Å²) in [5, 5.41) is 14.9. The summed E-state index contributed by atoms with van der Waals surface area (Å²) >= 11 is 0. The number of aromatic nitrogens is 3. The number of hydrogen-bond acceptors (Lipinski definition) is 4. The molecule has 1 N–H and O–H groups in total. The summed E-state index contributed by atoms with van der Waals surface area (Å²) in [5.41, 5.74) is 2.10. The monoisotopic (exact) mass is 393 g/mol. The van der Waals surface area contributed by atoms with E-state index in [-0.39, 0.29) is 17.9 Å². The lowest BCUT2D eigenvalue weighted by Gasteiger charge is -2.14. The van der Waals surface area contributed by atoms with Crippen molar-refractivity contribution in [1.29, 1.82) is 0 Å². The highest BCUT2D eigenvalue weighted by molar-refractivity contribution is 5.65. The third kappa shape index (κ3) is 3.90. The second-order valence-corrected chi connectivity index (χ2v) is 6.64. The molecule has 4 aromatic rings. The zero-order valence-corrected chi connectivity index (χ0v) is 15.8. The molecule has 2 heterocycles. The summed E-state index contributed by atoms with van der Waals surface area (Å²) in [7, 11) is 0. The van der Waals surface area contributed by atoms with Gasteiger partial charge in [0.15, 0.2) is 0 Å². The first-order valence-corrected chi connectivity index (χ1v) is 9.30. The Morgan fingerprint density at radius 1 is 1.10 bits per heavy atom. The van der Waals surface area contributed by atoms with E-state index in [0.717, 1.165) is 11.3 Å². The van der Waals surface area contributed by atoms with Gasteiger partial charge in [-0.05, 0) is 55.0 Å². The molecule has 0 saturated heterocycles. The minimum Gasteiger partial charge on any atom is -0.494 e. The number of rotatable bonds is 6. The van der Waals surface area contributed by atoms with E-state index in [4.69, 9.17) is 4.74 Å². The van der Waals surface area contributed by atoms with Gasteiger partial charge in [-0.3, -0.25) is 4.79 Å². The first kappa shape index (κ1) is 18.9. The Bertz CT molecular complexity index is 1180. The summed E-state index contributed by atoms with van der Waals surface area (Å²) in [6.45, 7) is 2.59. The van der Waals surface area contributed by atoms with Gasteiger partial charge in [-0.2, -0.15) is 5.10 Å². The molecule has 0 amide bonds. The van der Waals surface area contributed by atoms with Crippen LogP contribution in [0.4, 0.5) is 4.39 Å². The number of fused-ring (bicyclic) bond motifs is 1. The maximum absolute atomic E-state index is 13.1. The Balaban J connectivity index is 1.60. The van der Waals surface area contributed by atoms with Gasteiger partial charge in [0.2, 0.25) is 0 Å². The van der Waals surface area contributed by atoms with Crippen molar-refractivity contribution < 1.29 is 14.2 Å². The molecule has 2 aromatic carbocycles. The van der Waals surface area contributed by atoms with Gasteiger partial charge in [0.1, 0.15) is 17.1 Å². The highest BCUT2D eigenvalue weighted by Gasteiger charge is 2.13. The molecule has 1 atom stereocenters. The van der Waals surface area contributed by atoms with Crippen molar-refractivity contribution in [3.05, 3.63) is 88.7 Å². The van der Waals surface area contributed by atoms with E-state index in [9.17, 15) is 14.3 Å². The van der Waals surface area contributed by atoms with Crippen LogP contribution in [0.5, 0.6) is 5.75 Å². The number of aliphatic hydroxyl groups is 1. The van der Waals surface area contributed by atoms with Crippen LogP contribution in [0.1, 0.15) is 18.6 Å². The SMILES string of the molecule is CCOc1ccc(C(O)Cn2ccn3nc(-c4ccc(F)cc4)cc3c2=O)cc1.